The number of rotatable bonds is 7. The fraction of sp³-hybridized carbons (Fsp3) is 0.257. The SMILES string of the molecule is CC(=O)CN1CCc2cc(-c3cccc(-c4cccc(-c5ccc6c(c5)CCN(CC(=O)O)C6)c4Cl)c3Cl)ccc2C1. The van der Waals surface area contributed by atoms with Gasteiger partial charge in [-0.05, 0) is 53.1 Å². The van der Waals surface area contributed by atoms with Crippen molar-refractivity contribution in [1.82, 2.24) is 9.80 Å². The van der Waals surface area contributed by atoms with E-state index in [-0.39, 0.29) is 12.3 Å². The van der Waals surface area contributed by atoms with E-state index in [2.05, 4.69) is 41.3 Å². The van der Waals surface area contributed by atoms with E-state index < -0.39 is 5.97 Å². The van der Waals surface area contributed by atoms with E-state index in [1.54, 1.807) is 6.92 Å². The summed E-state index contributed by atoms with van der Waals surface area (Å²) in [5.74, 6) is -0.608. The molecule has 42 heavy (non-hydrogen) atoms. The Balaban J connectivity index is 1.29. The molecule has 7 heteroatoms. The number of Topliss-reactive ketones (excluding diaryl/α,β-unsaturated/α-hetero) is 1. The molecule has 0 amide bonds. The Morgan fingerprint density at radius 3 is 1.57 bits per heavy atom. The predicted octanol–water partition coefficient (Wildman–Crippen LogP) is 7.38. The van der Waals surface area contributed by atoms with Crippen molar-refractivity contribution in [2.45, 2.75) is 32.9 Å². The number of aliphatic carboxylic acids is 1. The van der Waals surface area contributed by atoms with E-state index in [0.717, 1.165) is 71.4 Å². The molecule has 214 valence electrons. The van der Waals surface area contributed by atoms with Crippen LogP contribution in [0.25, 0.3) is 33.4 Å². The predicted molar refractivity (Wildman–Crippen MR) is 169 cm³/mol. The van der Waals surface area contributed by atoms with Gasteiger partial charge in [-0.2, -0.15) is 0 Å². The summed E-state index contributed by atoms with van der Waals surface area (Å²) in [6.45, 7) is 5.20. The molecular weight excluding hydrogens is 567 g/mol. The number of carbonyl (C=O) groups is 2. The number of halogens is 2. The fourth-order valence-electron chi connectivity index (χ4n) is 6.26. The van der Waals surface area contributed by atoms with Crippen molar-refractivity contribution in [1.29, 1.82) is 0 Å². The van der Waals surface area contributed by atoms with Gasteiger partial charge in [-0.3, -0.25) is 19.4 Å². The number of benzene rings is 4. The summed E-state index contributed by atoms with van der Waals surface area (Å²) in [7, 11) is 0. The van der Waals surface area contributed by atoms with Crippen molar-refractivity contribution in [3.8, 4) is 33.4 Å². The number of nitrogens with zero attached hydrogens (tertiary/aromatic N) is 2. The fourth-order valence-corrected chi connectivity index (χ4v) is 6.93. The van der Waals surface area contributed by atoms with Crippen molar-refractivity contribution in [3.05, 3.63) is 105 Å². The minimum absolute atomic E-state index is 0.0556. The summed E-state index contributed by atoms with van der Waals surface area (Å²) in [4.78, 5) is 26.9. The van der Waals surface area contributed by atoms with Gasteiger partial charge in [0.2, 0.25) is 0 Å². The van der Waals surface area contributed by atoms with Crippen LogP contribution in [-0.4, -0.2) is 52.8 Å². The van der Waals surface area contributed by atoms with Gasteiger partial charge in [0.25, 0.3) is 0 Å². The highest BCUT2D eigenvalue weighted by Crippen LogP contribution is 2.43. The third-order valence-corrected chi connectivity index (χ3v) is 9.12. The Hall–Kier alpha value is -3.48. The second-order valence-corrected chi connectivity index (χ2v) is 12.1. The molecule has 0 saturated heterocycles. The van der Waals surface area contributed by atoms with Crippen molar-refractivity contribution in [2.75, 3.05) is 26.2 Å². The van der Waals surface area contributed by atoms with Crippen molar-refractivity contribution < 1.29 is 14.7 Å². The first-order valence-electron chi connectivity index (χ1n) is 14.2. The zero-order valence-electron chi connectivity index (χ0n) is 23.5. The second-order valence-electron chi connectivity index (χ2n) is 11.3. The maximum Gasteiger partial charge on any atom is 0.317 e. The number of hydrogen-bond acceptors (Lipinski definition) is 4. The third kappa shape index (κ3) is 5.88. The molecule has 0 fully saturated rings. The summed E-state index contributed by atoms with van der Waals surface area (Å²) in [5.41, 5.74) is 10.7. The molecule has 2 aliphatic heterocycles. The van der Waals surface area contributed by atoms with Gasteiger partial charge in [0.1, 0.15) is 5.78 Å². The van der Waals surface area contributed by atoms with Gasteiger partial charge < -0.3 is 5.11 Å². The van der Waals surface area contributed by atoms with Crippen LogP contribution in [0, 0.1) is 0 Å². The van der Waals surface area contributed by atoms with E-state index in [9.17, 15) is 9.59 Å². The van der Waals surface area contributed by atoms with Crippen LogP contribution < -0.4 is 0 Å². The molecule has 1 N–H and O–H groups in total. The van der Waals surface area contributed by atoms with E-state index in [1.807, 2.05) is 41.3 Å². The lowest BCUT2D eigenvalue weighted by Crippen LogP contribution is -2.34. The molecule has 2 heterocycles. The summed E-state index contributed by atoms with van der Waals surface area (Å²) in [6.07, 6.45) is 1.71. The largest absolute Gasteiger partial charge is 0.480 e. The number of ketones is 1. The Labute approximate surface area is 256 Å². The lowest BCUT2D eigenvalue weighted by atomic mass is 9.91. The van der Waals surface area contributed by atoms with Crippen molar-refractivity contribution >= 4 is 35.0 Å². The molecule has 4 aromatic carbocycles. The van der Waals surface area contributed by atoms with Crippen LogP contribution in [0.5, 0.6) is 0 Å². The van der Waals surface area contributed by atoms with E-state index >= 15 is 0 Å². The first-order valence-corrected chi connectivity index (χ1v) is 15.0. The lowest BCUT2D eigenvalue weighted by Gasteiger charge is -2.28. The Kier molecular flexibility index (Phi) is 8.19. The topological polar surface area (TPSA) is 60.9 Å². The molecule has 0 unspecified atom stereocenters. The van der Waals surface area contributed by atoms with Gasteiger partial charge in [0, 0.05) is 48.4 Å². The molecule has 6 rings (SSSR count). The van der Waals surface area contributed by atoms with Crippen molar-refractivity contribution in [2.24, 2.45) is 0 Å². The summed E-state index contributed by atoms with van der Waals surface area (Å²) in [6, 6.07) is 25.0. The van der Waals surface area contributed by atoms with E-state index in [1.165, 1.54) is 16.7 Å². The van der Waals surface area contributed by atoms with Gasteiger partial charge in [0.05, 0.1) is 23.1 Å². The average molecular weight is 600 g/mol. The van der Waals surface area contributed by atoms with Crippen molar-refractivity contribution in [3.63, 3.8) is 0 Å². The molecule has 0 atom stereocenters. The molecule has 0 spiro atoms. The molecule has 4 aromatic rings. The van der Waals surface area contributed by atoms with Gasteiger partial charge in [-0.15, -0.1) is 0 Å². The quantitative estimate of drug-likeness (QED) is 0.240. The minimum Gasteiger partial charge on any atom is -0.480 e. The normalized spacial score (nSPS) is 15.2. The monoisotopic (exact) mass is 598 g/mol. The maximum absolute atomic E-state index is 11.6. The van der Waals surface area contributed by atoms with Gasteiger partial charge in [0.15, 0.2) is 0 Å². The number of carboxylic acids is 1. The Morgan fingerprint density at radius 1 is 0.667 bits per heavy atom. The molecule has 0 radical (unpaired) electrons. The highest BCUT2D eigenvalue weighted by atomic mass is 35.5. The summed E-state index contributed by atoms with van der Waals surface area (Å²) < 4.78 is 0. The van der Waals surface area contributed by atoms with E-state index in [0.29, 0.717) is 23.1 Å². The standard InChI is InChI=1S/C35H32Cl2N2O3/c1-22(40)18-38-14-12-23-16-25(8-10-27(23)19-38)29-4-2-6-31(34(29)36)32-7-3-5-30(35(32)37)26-9-11-28-20-39(21-33(41)42)15-13-24(28)17-26/h2-11,16-17H,12-15,18-21H2,1H3,(H,41,42). The molecular formula is C35H32Cl2N2O3. The number of carbonyl (C=O) groups excluding carboxylic acids is 1. The summed E-state index contributed by atoms with van der Waals surface area (Å²) >= 11 is 14.2. The molecule has 0 saturated carbocycles. The van der Waals surface area contributed by atoms with Crippen LogP contribution in [0.15, 0.2) is 72.8 Å². The van der Waals surface area contributed by atoms with Crippen LogP contribution in [0.3, 0.4) is 0 Å². The smallest absolute Gasteiger partial charge is 0.317 e. The third-order valence-electron chi connectivity index (χ3n) is 8.31. The average Bonchev–Trinajstić information content (AvgIpc) is 2.96. The van der Waals surface area contributed by atoms with Crippen LogP contribution in [0.1, 0.15) is 29.2 Å². The van der Waals surface area contributed by atoms with Crippen LogP contribution in [0.2, 0.25) is 10.0 Å². The molecule has 0 aliphatic carbocycles. The van der Waals surface area contributed by atoms with Crippen LogP contribution >= 0.6 is 23.2 Å². The highest BCUT2D eigenvalue weighted by Gasteiger charge is 2.21. The summed E-state index contributed by atoms with van der Waals surface area (Å²) in [5, 5.41) is 10.5. The molecule has 0 bridgehead atoms. The first kappa shape index (κ1) is 28.6. The van der Waals surface area contributed by atoms with Gasteiger partial charge in [-0.1, -0.05) is 96.0 Å². The number of carboxylic acid groups (broad SMARTS) is 1. The van der Waals surface area contributed by atoms with E-state index in [4.69, 9.17) is 28.3 Å². The van der Waals surface area contributed by atoms with Crippen LogP contribution in [0.4, 0.5) is 0 Å². The van der Waals surface area contributed by atoms with Crippen LogP contribution in [-0.2, 0) is 35.5 Å². The molecule has 0 aromatic heterocycles. The highest BCUT2D eigenvalue weighted by molar-refractivity contribution is 6.39. The molecule has 2 aliphatic rings. The minimum atomic E-state index is -0.800. The Morgan fingerprint density at radius 2 is 1.12 bits per heavy atom. The zero-order valence-corrected chi connectivity index (χ0v) is 25.0. The Bertz CT molecular complexity index is 1580. The van der Waals surface area contributed by atoms with Gasteiger partial charge >= 0.3 is 5.97 Å². The molecule has 5 nitrogen and oxygen atoms in total. The lowest BCUT2D eigenvalue weighted by molar-refractivity contribution is -0.138. The second kappa shape index (κ2) is 12.0. The first-order chi connectivity index (χ1) is 20.3. The maximum atomic E-state index is 11.6. The number of hydrogen-bond donors (Lipinski definition) is 1. The zero-order chi connectivity index (χ0) is 29.4. The van der Waals surface area contributed by atoms with Gasteiger partial charge in [-0.25, -0.2) is 0 Å². The number of fused-ring (bicyclic) bond motifs is 2.